The van der Waals surface area contributed by atoms with Crippen molar-refractivity contribution in [2.24, 2.45) is 0 Å². The van der Waals surface area contributed by atoms with E-state index >= 15 is 0 Å². The first-order valence-electron chi connectivity index (χ1n) is 9.77. The minimum Gasteiger partial charge on any atom is -0.478 e. The summed E-state index contributed by atoms with van der Waals surface area (Å²) < 4.78 is 17.5. The zero-order valence-electron chi connectivity index (χ0n) is 18.7. The molecule has 1 aliphatic rings. The van der Waals surface area contributed by atoms with Crippen molar-refractivity contribution in [1.29, 1.82) is 0 Å². The third kappa shape index (κ3) is 5.76. The van der Waals surface area contributed by atoms with Crippen molar-refractivity contribution in [3.05, 3.63) is 34.8 Å². The number of hydrogen-bond acceptors (Lipinski definition) is 6. The van der Waals surface area contributed by atoms with E-state index in [1.807, 2.05) is 27.7 Å². The van der Waals surface area contributed by atoms with Gasteiger partial charge in [0.05, 0.1) is 16.8 Å². The highest BCUT2D eigenvalue weighted by atomic mass is 16.7. The molecule has 0 saturated carbocycles. The molecule has 1 heterocycles. The van der Waals surface area contributed by atoms with Crippen LogP contribution in [-0.4, -0.2) is 47.6 Å². The van der Waals surface area contributed by atoms with Crippen LogP contribution in [0.2, 0.25) is 0 Å². The SMILES string of the molecule is CC(C)(C)OC(=O)NCC(=Cc1ccc(N)cc1C(=O)O)B1OC(C)(C)C(C)(C)O1. The lowest BCUT2D eigenvalue weighted by atomic mass is 9.76. The Balaban J connectivity index is 2.39. The van der Waals surface area contributed by atoms with Crippen LogP contribution in [0.4, 0.5) is 10.5 Å². The first-order valence-corrected chi connectivity index (χ1v) is 9.77. The molecule has 164 valence electrons. The number of hydrogen-bond donors (Lipinski definition) is 3. The number of ether oxygens (including phenoxy) is 1. The summed E-state index contributed by atoms with van der Waals surface area (Å²) in [7, 11) is -0.774. The van der Waals surface area contributed by atoms with Gasteiger partial charge in [0, 0.05) is 12.2 Å². The minimum absolute atomic E-state index is 0.0429. The van der Waals surface area contributed by atoms with E-state index in [0.29, 0.717) is 16.7 Å². The number of anilines is 1. The molecular weight excluding hydrogens is 387 g/mol. The lowest BCUT2D eigenvalue weighted by Crippen LogP contribution is -2.41. The summed E-state index contributed by atoms with van der Waals surface area (Å²) in [5.41, 5.74) is 5.25. The van der Waals surface area contributed by atoms with Crippen LogP contribution in [-0.2, 0) is 14.0 Å². The van der Waals surface area contributed by atoms with Crippen molar-refractivity contribution in [3.8, 4) is 0 Å². The number of rotatable bonds is 5. The summed E-state index contributed by atoms with van der Waals surface area (Å²) in [6.45, 7) is 13.0. The fourth-order valence-electron chi connectivity index (χ4n) is 2.77. The zero-order valence-corrected chi connectivity index (χ0v) is 18.7. The summed E-state index contributed by atoms with van der Waals surface area (Å²) in [5, 5.41) is 12.2. The normalized spacial score (nSPS) is 18.2. The number of aromatic carboxylic acids is 1. The molecule has 1 aromatic rings. The second-order valence-corrected chi connectivity index (χ2v) is 9.31. The van der Waals surface area contributed by atoms with Gasteiger partial charge in [0.15, 0.2) is 0 Å². The maximum Gasteiger partial charge on any atom is 0.492 e. The van der Waals surface area contributed by atoms with Crippen LogP contribution in [0.25, 0.3) is 6.08 Å². The molecule has 1 aliphatic heterocycles. The van der Waals surface area contributed by atoms with Gasteiger partial charge in [-0.3, -0.25) is 0 Å². The molecule has 0 unspecified atom stereocenters. The fraction of sp³-hybridized carbons (Fsp3) is 0.524. The monoisotopic (exact) mass is 418 g/mol. The van der Waals surface area contributed by atoms with Gasteiger partial charge in [-0.05, 0) is 71.6 Å². The predicted octanol–water partition coefficient (Wildman–Crippen LogP) is 3.51. The van der Waals surface area contributed by atoms with Gasteiger partial charge in [0.25, 0.3) is 0 Å². The number of carboxylic acid groups (broad SMARTS) is 1. The average Bonchev–Trinajstić information content (AvgIpc) is 2.78. The number of amides is 1. The molecule has 0 spiro atoms. The van der Waals surface area contributed by atoms with Crippen LogP contribution < -0.4 is 11.1 Å². The molecule has 8 nitrogen and oxygen atoms in total. The molecule has 0 radical (unpaired) electrons. The quantitative estimate of drug-likeness (QED) is 0.494. The molecule has 30 heavy (non-hydrogen) atoms. The number of nitrogens with one attached hydrogen (secondary N) is 1. The summed E-state index contributed by atoms with van der Waals surface area (Å²) in [6, 6.07) is 4.61. The highest BCUT2D eigenvalue weighted by molar-refractivity contribution is 6.56. The van der Waals surface area contributed by atoms with Crippen LogP contribution in [0.5, 0.6) is 0 Å². The number of nitrogens with two attached hydrogens (primary N) is 1. The van der Waals surface area contributed by atoms with E-state index in [2.05, 4.69) is 5.32 Å². The van der Waals surface area contributed by atoms with Crippen molar-refractivity contribution in [2.45, 2.75) is 65.3 Å². The Labute approximate surface area is 177 Å². The molecule has 1 amide bonds. The summed E-state index contributed by atoms with van der Waals surface area (Å²) in [4.78, 5) is 23.8. The molecule has 0 bridgehead atoms. The average molecular weight is 418 g/mol. The molecule has 0 aromatic heterocycles. The maximum absolute atomic E-state index is 12.2. The number of carboxylic acids is 1. The Morgan fingerprint density at radius 1 is 1.20 bits per heavy atom. The molecule has 1 fully saturated rings. The second kappa shape index (κ2) is 8.31. The topological polar surface area (TPSA) is 120 Å². The minimum atomic E-state index is -1.11. The molecule has 1 saturated heterocycles. The Hall–Kier alpha value is -2.52. The van der Waals surface area contributed by atoms with Crippen molar-refractivity contribution in [1.82, 2.24) is 5.32 Å². The Morgan fingerprint density at radius 3 is 2.27 bits per heavy atom. The van der Waals surface area contributed by atoms with Crippen molar-refractivity contribution in [3.63, 3.8) is 0 Å². The second-order valence-electron chi connectivity index (χ2n) is 9.31. The Morgan fingerprint density at radius 2 is 1.77 bits per heavy atom. The maximum atomic E-state index is 12.2. The van der Waals surface area contributed by atoms with Crippen LogP contribution in [0.15, 0.2) is 23.7 Å². The van der Waals surface area contributed by atoms with E-state index in [9.17, 15) is 14.7 Å². The molecule has 0 aliphatic carbocycles. The number of benzene rings is 1. The Bertz CT molecular complexity index is 842. The highest BCUT2D eigenvalue weighted by Gasteiger charge is 2.52. The number of alkyl carbamates (subject to hydrolysis) is 1. The number of carbonyl (C=O) groups is 2. The third-order valence-electron chi connectivity index (χ3n) is 5.04. The largest absolute Gasteiger partial charge is 0.492 e. The molecule has 0 atom stereocenters. The molecule has 9 heteroatoms. The van der Waals surface area contributed by atoms with Gasteiger partial charge in [-0.2, -0.15) is 0 Å². The lowest BCUT2D eigenvalue weighted by molar-refractivity contribution is 0.00578. The van der Waals surface area contributed by atoms with Crippen molar-refractivity contribution < 1.29 is 28.7 Å². The predicted molar refractivity (Wildman–Crippen MR) is 116 cm³/mol. The third-order valence-corrected chi connectivity index (χ3v) is 5.04. The first kappa shape index (κ1) is 23.8. The van der Waals surface area contributed by atoms with Crippen LogP contribution >= 0.6 is 0 Å². The van der Waals surface area contributed by atoms with Crippen molar-refractivity contribution >= 4 is 30.9 Å². The van der Waals surface area contributed by atoms with Crippen LogP contribution in [0, 0.1) is 0 Å². The van der Waals surface area contributed by atoms with Gasteiger partial charge >= 0.3 is 19.2 Å². The van der Waals surface area contributed by atoms with Gasteiger partial charge < -0.3 is 30.2 Å². The molecule has 4 N–H and O–H groups in total. The summed E-state index contributed by atoms with van der Waals surface area (Å²) in [6.07, 6.45) is 1.04. The van der Waals surface area contributed by atoms with E-state index < -0.39 is 36.0 Å². The zero-order chi connectivity index (χ0) is 22.9. The van der Waals surface area contributed by atoms with Gasteiger partial charge in [-0.1, -0.05) is 12.1 Å². The van der Waals surface area contributed by atoms with Crippen molar-refractivity contribution in [2.75, 3.05) is 12.3 Å². The van der Waals surface area contributed by atoms with Gasteiger partial charge in [-0.15, -0.1) is 0 Å². The molecule has 2 rings (SSSR count). The van der Waals surface area contributed by atoms with Gasteiger partial charge in [0.1, 0.15) is 5.60 Å². The van der Waals surface area contributed by atoms with E-state index in [1.165, 1.54) is 6.07 Å². The van der Waals surface area contributed by atoms with Crippen LogP contribution in [0.3, 0.4) is 0 Å². The highest BCUT2D eigenvalue weighted by Crippen LogP contribution is 2.39. The summed E-state index contributed by atoms with van der Waals surface area (Å²) in [5.74, 6) is -1.11. The van der Waals surface area contributed by atoms with E-state index in [-0.39, 0.29) is 12.1 Å². The standard InChI is InChI=1S/C21H31BN2O6/c1-19(2,3)28-18(27)24-12-14(22-29-20(4,5)21(6,7)30-22)10-13-8-9-15(23)11-16(13)17(25)26/h8-11H,12,23H2,1-7H3,(H,24,27)(H,25,26). The number of carbonyl (C=O) groups excluding carboxylic acids is 1. The first-order chi connectivity index (χ1) is 13.6. The number of nitrogen functional groups attached to an aromatic ring is 1. The van der Waals surface area contributed by atoms with Crippen LogP contribution in [0.1, 0.15) is 64.4 Å². The van der Waals surface area contributed by atoms with E-state index in [0.717, 1.165) is 0 Å². The summed E-state index contributed by atoms with van der Waals surface area (Å²) >= 11 is 0. The van der Waals surface area contributed by atoms with Gasteiger partial charge in [0.2, 0.25) is 0 Å². The fourth-order valence-corrected chi connectivity index (χ4v) is 2.77. The molecule has 1 aromatic carbocycles. The van der Waals surface area contributed by atoms with E-state index in [1.54, 1.807) is 39.0 Å². The van der Waals surface area contributed by atoms with Gasteiger partial charge in [-0.25, -0.2) is 9.59 Å². The Kier molecular flexibility index (Phi) is 6.59. The lowest BCUT2D eigenvalue weighted by Gasteiger charge is -2.32. The molecular formula is C21H31BN2O6. The smallest absolute Gasteiger partial charge is 0.478 e. The van der Waals surface area contributed by atoms with E-state index in [4.69, 9.17) is 19.8 Å².